The van der Waals surface area contributed by atoms with Crippen molar-refractivity contribution in [3.8, 4) is 0 Å². The van der Waals surface area contributed by atoms with Crippen LogP contribution in [0.2, 0.25) is 0 Å². The zero-order chi connectivity index (χ0) is 23.6. The number of para-hydroxylation sites is 1. The summed E-state index contributed by atoms with van der Waals surface area (Å²) >= 11 is 0. The maximum absolute atomic E-state index is 13.4. The van der Waals surface area contributed by atoms with Gasteiger partial charge in [0.2, 0.25) is 15.9 Å². The summed E-state index contributed by atoms with van der Waals surface area (Å²) in [6.45, 7) is -0.937. The molecule has 0 saturated heterocycles. The van der Waals surface area contributed by atoms with Crippen LogP contribution in [0.4, 0.5) is 18.9 Å². The van der Waals surface area contributed by atoms with Gasteiger partial charge in [0.1, 0.15) is 5.76 Å². The van der Waals surface area contributed by atoms with Crippen LogP contribution >= 0.6 is 0 Å². The molecule has 1 aromatic heterocycles. The van der Waals surface area contributed by atoms with E-state index in [4.69, 9.17) is 4.42 Å². The van der Waals surface area contributed by atoms with Crippen molar-refractivity contribution in [2.24, 2.45) is 0 Å². The molecule has 4 rings (SSSR count). The number of sulfonamides is 1. The average molecular weight is 478 g/mol. The molecule has 0 atom stereocenters. The summed E-state index contributed by atoms with van der Waals surface area (Å²) in [6.07, 6.45) is -0.711. The first-order valence-electron chi connectivity index (χ1n) is 10.2. The molecule has 33 heavy (non-hydrogen) atoms. The maximum atomic E-state index is 13.4. The minimum absolute atomic E-state index is 0.0261. The van der Waals surface area contributed by atoms with Crippen molar-refractivity contribution in [2.45, 2.75) is 36.9 Å². The van der Waals surface area contributed by atoms with Gasteiger partial charge in [0, 0.05) is 0 Å². The highest BCUT2D eigenvalue weighted by molar-refractivity contribution is 7.89. The van der Waals surface area contributed by atoms with Crippen LogP contribution < -0.4 is 5.32 Å². The van der Waals surface area contributed by atoms with Gasteiger partial charge in [0.25, 0.3) is 0 Å². The molecule has 0 unspecified atom stereocenters. The smallest absolute Gasteiger partial charge is 0.418 e. The van der Waals surface area contributed by atoms with E-state index in [-0.39, 0.29) is 11.4 Å². The first-order valence-corrected chi connectivity index (χ1v) is 11.7. The number of nitrogens with zero attached hydrogens (tertiary/aromatic N) is 1. The van der Waals surface area contributed by atoms with Gasteiger partial charge in [-0.1, -0.05) is 18.2 Å². The summed E-state index contributed by atoms with van der Waals surface area (Å²) in [7, 11) is -4.13. The van der Waals surface area contributed by atoms with Crippen LogP contribution in [0, 0.1) is 0 Å². The molecule has 6 nitrogen and oxygen atoms in total. The molecule has 1 aliphatic rings. The Morgan fingerprint density at radius 1 is 1.03 bits per heavy atom. The highest BCUT2D eigenvalue weighted by Crippen LogP contribution is 2.34. The van der Waals surface area contributed by atoms with Gasteiger partial charge in [-0.2, -0.15) is 17.5 Å². The van der Waals surface area contributed by atoms with Gasteiger partial charge < -0.3 is 9.73 Å². The van der Waals surface area contributed by atoms with Crippen molar-refractivity contribution in [3.63, 3.8) is 0 Å². The Morgan fingerprint density at radius 2 is 1.79 bits per heavy atom. The third kappa shape index (κ3) is 5.12. The Hall–Kier alpha value is -3.11. The standard InChI is InChI=1S/C23H21F3N2O4S/c24-23(25,26)20-8-1-2-9-21(20)27-22(29)15-28(14-18-7-4-12-32-18)33(30,31)19-11-10-16-5-3-6-17(16)13-19/h1-2,4,7-13H,3,5-6,14-15H2,(H,27,29). The third-order valence-corrected chi connectivity index (χ3v) is 7.23. The van der Waals surface area contributed by atoms with E-state index >= 15 is 0 Å². The molecule has 1 aliphatic carbocycles. The van der Waals surface area contributed by atoms with E-state index in [2.05, 4.69) is 5.32 Å². The van der Waals surface area contributed by atoms with Crippen molar-refractivity contribution in [2.75, 3.05) is 11.9 Å². The maximum Gasteiger partial charge on any atom is 0.418 e. The Kier molecular flexibility index (Phi) is 6.31. The Bertz CT molecular complexity index is 1250. The van der Waals surface area contributed by atoms with E-state index in [1.165, 1.54) is 24.5 Å². The summed E-state index contributed by atoms with van der Waals surface area (Å²) in [6, 6.07) is 12.5. The number of furan rings is 1. The van der Waals surface area contributed by atoms with Crippen molar-refractivity contribution >= 4 is 21.6 Å². The molecule has 1 N–H and O–H groups in total. The Morgan fingerprint density at radius 3 is 2.52 bits per heavy atom. The number of halogens is 3. The van der Waals surface area contributed by atoms with Crippen molar-refractivity contribution in [1.29, 1.82) is 0 Å². The Labute approximate surface area is 189 Å². The minimum atomic E-state index is -4.67. The summed E-state index contributed by atoms with van der Waals surface area (Å²) in [5.74, 6) is -0.605. The van der Waals surface area contributed by atoms with Crippen LogP contribution in [0.3, 0.4) is 0 Å². The lowest BCUT2D eigenvalue weighted by Gasteiger charge is -2.22. The quantitative estimate of drug-likeness (QED) is 0.538. The van der Waals surface area contributed by atoms with Gasteiger partial charge >= 0.3 is 6.18 Å². The predicted octanol–water partition coefficient (Wildman–Crippen LogP) is 4.62. The predicted molar refractivity (Wildman–Crippen MR) is 115 cm³/mol. The van der Waals surface area contributed by atoms with E-state index in [1.807, 2.05) is 0 Å². The largest absolute Gasteiger partial charge is 0.468 e. The fourth-order valence-electron chi connectivity index (χ4n) is 3.85. The van der Waals surface area contributed by atoms with Gasteiger partial charge in [0.05, 0.1) is 35.5 Å². The topological polar surface area (TPSA) is 79.6 Å². The fraction of sp³-hybridized carbons (Fsp3) is 0.261. The molecule has 2 aromatic carbocycles. The van der Waals surface area contributed by atoms with Gasteiger partial charge in [-0.05, 0) is 66.8 Å². The molecule has 0 radical (unpaired) electrons. The summed E-state index contributed by atoms with van der Waals surface area (Å²) in [5.41, 5.74) is 0.575. The summed E-state index contributed by atoms with van der Waals surface area (Å²) in [4.78, 5) is 12.7. The number of amides is 1. The van der Waals surface area contributed by atoms with Crippen LogP contribution in [0.1, 0.15) is 28.9 Å². The van der Waals surface area contributed by atoms with Crippen molar-refractivity contribution in [3.05, 3.63) is 83.3 Å². The van der Waals surface area contributed by atoms with Gasteiger partial charge in [0.15, 0.2) is 0 Å². The molecule has 1 amide bonds. The highest BCUT2D eigenvalue weighted by atomic mass is 32.2. The molecule has 0 saturated carbocycles. The number of hydrogen-bond donors (Lipinski definition) is 1. The second-order valence-electron chi connectivity index (χ2n) is 7.73. The average Bonchev–Trinajstić information content (AvgIpc) is 3.44. The highest BCUT2D eigenvalue weighted by Gasteiger charge is 2.34. The Balaban J connectivity index is 1.61. The number of benzene rings is 2. The lowest BCUT2D eigenvalue weighted by Crippen LogP contribution is -2.37. The first kappa shape index (κ1) is 23.1. The fourth-order valence-corrected chi connectivity index (χ4v) is 5.26. The van der Waals surface area contributed by atoms with Crippen LogP contribution in [-0.2, 0) is 40.4 Å². The number of aryl methyl sites for hydroxylation is 2. The van der Waals surface area contributed by atoms with Crippen LogP contribution in [-0.4, -0.2) is 25.2 Å². The van der Waals surface area contributed by atoms with E-state index in [9.17, 15) is 26.4 Å². The van der Waals surface area contributed by atoms with Crippen LogP contribution in [0.25, 0.3) is 0 Å². The molecule has 0 fully saturated rings. The second-order valence-corrected chi connectivity index (χ2v) is 9.67. The molecule has 0 spiro atoms. The van der Waals surface area contributed by atoms with Gasteiger partial charge in [-0.15, -0.1) is 0 Å². The number of fused-ring (bicyclic) bond motifs is 1. The number of carbonyl (C=O) groups is 1. The van der Waals surface area contributed by atoms with E-state index < -0.39 is 39.9 Å². The number of hydrogen-bond acceptors (Lipinski definition) is 4. The van der Waals surface area contributed by atoms with E-state index in [1.54, 1.807) is 24.3 Å². The normalized spacial score (nSPS) is 13.8. The lowest BCUT2D eigenvalue weighted by atomic mass is 10.1. The number of rotatable bonds is 7. The first-order chi connectivity index (χ1) is 15.6. The summed E-state index contributed by atoms with van der Waals surface area (Å²) < 4.78 is 72.7. The molecule has 0 aliphatic heterocycles. The third-order valence-electron chi connectivity index (χ3n) is 5.45. The number of alkyl halides is 3. The van der Waals surface area contributed by atoms with Crippen molar-refractivity contribution in [1.82, 2.24) is 4.31 Å². The molecule has 10 heteroatoms. The van der Waals surface area contributed by atoms with Gasteiger partial charge in [-0.25, -0.2) is 8.42 Å². The van der Waals surface area contributed by atoms with E-state index in [0.29, 0.717) is 5.76 Å². The summed E-state index contributed by atoms with van der Waals surface area (Å²) in [5, 5.41) is 2.20. The molecule has 0 bridgehead atoms. The second kappa shape index (κ2) is 9.03. The monoisotopic (exact) mass is 478 g/mol. The number of anilines is 1. The molecular weight excluding hydrogens is 457 g/mol. The van der Waals surface area contributed by atoms with E-state index in [0.717, 1.165) is 46.8 Å². The SMILES string of the molecule is O=C(CN(Cc1ccco1)S(=O)(=O)c1ccc2c(c1)CCC2)Nc1ccccc1C(F)(F)F. The van der Waals surface area contributed by atoms with Crippen LogP contribution in [0.15, 0.2) is 70.2 Å². The minimum Gasteiger partial charge on any atom is -0.468 e. The van der Waals surface area contributed by atoms with Crippen molar-refractivity contribution < 1.29 is 30.8 Å². The molecule has 1 heterocycles. The zero-order valence-corrected chi connectivity index (χ0v) is 18.2. The molecule has 3 aromatic rings. The molecule has 174 valence electrons. The van der Waals surface area contributed by atoms with Crippen LogP contribution in [0.5, 0.6) is 0 Å². The number of nitrogens with one attached hydrogen (secondary N) is 1. The zero-order valence-electron chi connectivity index (χ0n) is 17.4. The molecular formula is C23H21F3N2O4S. The van der Waals surface area contributed by atoms with Gasteiger partial charge in [-0.3, -0.25) is 4.79 Å². The number of carbonyl (C=O) groups excluding carboxylic acids is 1. The lowest BCUT2D eigenvalue weighted by molar-refractivity contribution is -0.137.